The standard InChI is InChI=1S/C20H31N3O2S.ClH/c1-15(2)16-6-8-17(9-7-16)18(21)12-22-19(24)13-26-14-20(25)23-10-4-3-5-11-23;/h6-9,15,18H,3-5,10-14,21H2,1-2H3,(H,22,24);1H. The molecule has 1 fully saturated rings. The van der Waals surface area contributed by atoms with E-state index in [1.807, 2.05) is 17.0 Å². The van der Waals surface area contributed by atoms with Crippen molar-refractivity contribution < 1.29 is 9.59 Å². The highest BCUT2D eigenvalue weighted by Crippen LogP contribution is 2.17. The van der Waals surface area contributed by atoms with Gasteiger partial charge in [0.2, 0.25) is 11.8 Å². The van der Waals surface area contributed by atoms with Crippen LogP contribution in [0.1, 0.15) is 56.2 Å². The van der Waals surface area contributed by atoms with E-state index < -0.39 is 0 Å². The van der Waals surface area contributed by atoms with Gasteiger partial charge < -0.3 is 16.0 Å². The molecule has 0 aliphatic carbocycles. The van der Waals surface area contributed by atoms with Crippen LogP contribution in [0.2, 0.25) is 0 Å². The summed E-state index contributed by atoms with van der Waals surface area (Å²) in [7, 11) is 0. The van der Waals surface area contributed by atoms with Gasteiger partial charge >= 0.3 is 0 Å². The van der Waals surface area contributed by atoms with Crippen molar-refractivity contribution in [3.63, 3.8) is 0 Å². The number of nitrogens with one attached hydrogen (secondary N) is 1. The Kier molecular flexibility index (Phi) is 10.8. The molecule has 1 unspecified atom stereocenters. The number of halogens is 1. The second kappa shape index (κ2) is 12.3. The molecule has 1 aromatic carbocycles. The molecule has 2 amide bonds. The highest BCUT2D eigenvalue weighted by molar-refractivity contribution is 8.00. The summed E-state index contributed by atoms with van der Waals surface area (Å²) in [5, 5.41) is 2.86. The van der Waals surface area contributed by atoms with E-state index in [-0.39, 0.29) is 30.3 Å². The second-order valence-electron chi connectivity index (χ2n) is 7.17. The fourth-order valence-corrected chi connectivity index (χ4v) is 3.73. The Hall–Kier alpha value is -1.24. The Morgan fingerprint density at radius 3 is 2.26 bits per heavy atom. The van der Waals surface area contributed by atoms with Gasteiger partial charge in [-0.3, -0.25) is 9.59 Å². The molecule has 0 aromatic heterocycles. The fourth-order valence-electron chi connectivity index (χ4n) is 2.99. The summed E-state index contributed by atoms with van der Waals surface area (Å²) >= 11 is 1.37. The molecule has 152 valence electrons. The fraction of sp³-hybridized carbons (Fsp3) is 0.600. The molecule has 27 heavy (non-hydrogen) atoms. The van der Waals surface area contributed by atoms with Gasteiger partial charge in [0, 0.05) is 25.7 Å². The lowest BCUT2D eigenvalue weighted by molar-refractivity contribution is -0.129. The van der Waals surface area contributed by atoms with Crippen molar-refractivity contribution >= 4 is 36.0 Å². The number of rotatable bonds is 8. The van der Waals surface area contributed by atoms with Gasteiger partial charge in [0.15, 0.2) is 0 Å². The molecule has 5 nitrogen and oxygen atoms in total. The van der Waals surface area contributed by atoms with Crippen molar-refractivity contribution in [1.29, 1.82) is 0 Å². The number of carbonyl (C=O) groups excluding carboxylic acids is 2. The zero-order chi connectivity index (χ0) is 18.9. The number of carbonyl (C=O) groups is 2. The van der Waals surface area contributed by atoms with Crippen molar-refractivity contribution in [3.8, 4) is 0 Å². The van der Waals surface area contributed by atoms with E-state index in [1.54, 1.807) is 0 Å². The maximum absolute atomic E-state index is 12.1. The highest BCUT2D eigenvalue weighted by atomic mass is 35.5. The number of likely N-dealkylation sites (tertiary alicyclic amines) is 1. The van der Waals surface area contributed by atoms with Crippen LogP contribution in [0.5, 0.6) is 0 Å². The zero-order valence-corrected chi connectivity index (χ0v) is 17.9. The van der Waals surface area contributed by atoms with E-state index in [1.165, 1.54) is 23.7 Å². The van der Waals surface area contributed by atoms with Crippen LogP contribution in [0.25, 0.3) is 0 Å². The SMILES string of the molecule is CC(C)c1ccc(C(N)CNC(=O)CSCC(=O)N2CCCCC2)cc1.Cl. The van der Waals surface area contributed by atoms with Crippen LogP contribution in [0.4, 0.5) is 0 Å². The number of thioether (sulfide) groups is 1. The predicted molar refractivity (Wildman–Crippen MR) is 115 cm³/mol. The number of nitrogens with two attached hydrogens (primary N) is 1. The zero-order valence-electron chi connectivity index (χ0n) is 16.3. The first-order chi connectivity index (χ1) is 12.5. The van der Waals surface area contributed by atoms with Gasteiger partial charge in [-0.2, -0.15) is 0 Å². The van der Waals surface area contributed by atoms with Crippen molar-refractivity contribution in [2.24, 2.45) is 5.73 Å². The number of hydrogen-bond donors (Lipinski definition) is 2. The van der Waals surface area contributed by atoms with E-state index in [4.69, 9.17) is 5.73 Å². The number of nitrogens with zero attached hydrogens (tertiary/aromatic N) is 1. The molecule has 1 atom stereocenters. The summed E-state index contributed by atoms with van der Waals surface area (Å²) in [6.45, 7) is 6.43. The molecule has 0 spiro atoms. The lowest BCUT2D eigenvalue weighted by Crippen LogP contribution is -2.37. The third-order valence-corrected chi connectivity index (χ3v) is 5.64. The van der Waals surface area contributed by atoms with E-state index in [9.17, 15) is 9.59 Å². The van der Waals surface area contributed by atoms with Crippen LogP contribution < -0.4 is 11.1 Å². The highest BCUT2D eigenvalue weighted by Gasteiger charge is 2.16. The summed E-state index contributed by atoms with van der Waals surface area (Å²) in [6.07, 6.45) is 3.39. The summed E-state index contributed by atoms with van der Waals surface area (Å²) in [5.74, 6) is 1.22. The summed E-state index contributed by atoms with van der Waals surface area (Å²) < 4.78 is 0. The van der Waals surface area contributed by atoms with Gasteiger partial charge in [0.25, 0.3) is 0 Å². The van der Waals surface area contributed by atoms with Crippen molar-refractivity contribution in [3.05, 3.63) is 35.4 Å². The lowest BCUT2D eigenvalue weighted by atomic mass is 9.99. The largest absolute Gasteiger partial charge is 0.353 e. The number of piperidine rings is 1. The van der Waals surface area contributed by atoms with Crippen LogP contribution in [0.3, 0.4) is 0 Å². The lowest BCUT2D eigenvalue weighted by Gasteiger charge is -2.26. The van der Waals surface area contributed by atoms with E-state index in [2.05, 4.69) is 31.3 Å². The molecule has 1 aliphatic heterocycles. The number of benzene rings is 1. The Morgan fingerprint density at radius 1 is 1.07 bits per heavy atom. The Labute approximate surface area is 173 Å². The molecule has 0 saturated carbocycles. The van der Waals surface area contributed by atoms with Crippen LogP contribution in [0, 0.1) is 0 Å². The third kappa shape index (κ3) is 8.11. The van der Waals surface area contributed by atoms with Gasteiger partial charge in [0.05, 0.1) is 11.5 Å². The van der Waals surface area contributed by atoms with Crippen molar-refractivity contribution in [1.82, 2.24) is 10.2 Å². The summed E-state index contributed by atoms with van der Waals surface area (Å²) in [5.41, 5.74) is 8.46. The molecule has 1 aliphatic rings. The molecule has 1 saturated heterocycles. The van der Waals surface area contributed by atoms with Gasteiger partial charge in [-0.15, -0.1) is 24.2 Å². The van der Waals surface area contributed by atoms with Crippen molar-refractivity contribution in [2.45, 2.75) is 45.1 Å². The number of hydrogen-bond acceptors (Lipinski definition) is 4. The van der Waals surface area contributed by atoms with E-state index >= 15 is 0 Å². The predicted octanol–water partition coefficient (Wildman–Crippen LogP) is 3.09. The first-order valence-electron chi connectivity index (χ1n) is 9.45. The first kappa shape index (κ1) is 23.8. The average Bonchev–Trinajstić information content (AvgIpc) is 2.66. The van der Waals surface area contributed by atoms with Crippen LogP contribution in [-0.4, -0.2) is 47.9 Å². The first-order valence-corrected chi connectivity index (χ1v) is 10.6. The maximum atomic E-state index is 12.1. The minimum absolute atomic E-state index is 0. The van der Waals surface area contributed by atoms with Crippen LogP contribution in [-0.2, 0) is 9.59 Å². The van der Waals surface area contributed by atoms with E-state index in [0.717, 1.165) is 31.5 Å². The van der Waals surface area contributed by atoms with Crippen LogP contribution >= 0.6 is 24.2 Å². The Bertz CT molecular complexity index is 589. The quantitative estimate of drug-likeness (QED) is 0.686. The van der Waals surface area contributed by atoms with Crippen LogP contribution in [0.15, 0.2) is 24.3 Å². The molecular formula is C20H32ClN3O2S. The second-order valence-corrected chi connectivity index (χ2v) is 8.15. The minimum atomic E-state index is -0.222. The van der Waals surface area contributed by atoms with Gasteiger partial charge in [0.1, 0.15) is 0 Å². The molecule has 0 radical (unpaired) electrons. The Morgan fingerprint density at radius 2 is 1.67 bits per heavy atom. The summed E-state index contributed by atoms with van der Waals surface area (Å²) in [4.78, 5) is 25.9. The average molecular weight is 414 g/mol. The molecule has 2 rings (SSSR count). The molecule has 1 aromatic rings. The molecule has 1 heterocycles. The Balaban J connectivity index is 0.00000364. The van der Waals surface area contributed by atoms with Gasteiger partial charge in [-0.05, 0) is 36.3 Å². The minimum Gasteiger partial charge on any atom is -0.353 e. The molecular weight excluding hydrogens is 382 g/mol. The molecule has 0 bridgehead atoms. The summed E-state index contributed by atoms with van der Waals surface area (Å²) in [6, 6.07) is 8.00. The van der Waals surface area contributed by atoms with Crippen molar-refractivity contribution in [2.75, 3.05) is 31.1 Å². The number of amides is 2. The van der Waals surface area contributed by atoms with E-state index in [0.29, 0.717) is 24.0 Å². The third-order valence-electron chi connectivity index (χ3n) is 4.72. The monoisotopic (exact) mass is 413 g/mol. The topological polar surface area (TPSA) is 75.4 Å². The van der Waals surface area contributed by atoms with Gasteiger partial charge in [-0.25, -0.2) is 0 Å². The maximum Gasteiger partial charge on any atom is 0.232 e. The normalized spacial score (nSPS) is 15.2. The molecule has 7 heteroatoms. The van der Waals surface area contributed by atoms with Gasteiger partial charge in [-0.1, -0.05) is 38.1 Å². The smallest absolute Gasteiger partial charge is 0.232 e. The molecule has 3 N–H and O–H groups in total.